The van der Waals surface area contributed by atoms with Crippen molar-refractivity contribution in [3.8, 4) is 0 Å². The van der Waals surface area contributed by atoms with Crippen molar-refractivity contribution >= 4 is 25.8 Å². The van der Waals surface area contributed by atoms with E-state index in [-0.39, 0.29) is 25.8 Å². The number of halogens is 1. The van der Waals surface area contributed by atoms with Crippen molar-refractivity contribution in [1.82, 2.24) is 0 Å². The first-order valence-electron chi connectivity index (χ1n) is 3.18. The molecule has 1 radical (unpaired) electrons. The molecule has 0 fully saturated rings. The predicted molar refractivity (Wildman–Crippen MR) is 47.5 cm³/mol. The summed E-state index contributed by atoms with van der Waals surface area (Å²) in [6.07, 6.45) is 0. The van der Waals surface area contributed by atoms with Gasteiger partial charge in [-0.05, 0) is 0 Å². The van der Waals surface area contributed by atoms with Crippen LogP contribution in [-0.4, -0.2) is 8.80 Å². The predicted octanol–water partition coefficient (Wildman–Crippen LogP) is 3.12. The monoisotopic (exact) mass is 195 g/mol. The van der Waals surface area contributed by atoms with E-state index in [2.05, 4.69) is 20.8 Å². The zero-order valence-corrected chi connectivity index (χ0v) is 8.74. The van der Waals surface area contributed by atoms with Crippen LogP contribution in [0.4, 0.5) is 0 Å². The molecule has 0 bridgehead atoms. The summed E-state index contributed by atoms with van der Waals surface area (Å²) >= 11 is 0. The number of rotatable bonds is 3. The van der Waals surface area contributed by atoms with Crippen molar-refractivity contribution in [2.75, 3.05) is 0 Å². The van der Waals surface area contributed by atoms with Gasteiger partial charge in [0, 0.05) is 8.80 Å². The Morgan fingerprint density at radius 3 is 1.12 bits per heavy atom. The Kier molecular flexibility index (Phi) is 11.1. The Balaban J connectivity index is 0. The highest BCUT2D eigenvalue weighted by atomic mass is 79.9. The minimum Gasteiger partial charge on any atom is -0.114 e. The van der Waals surface area contributed by atoms with Crippen molar-refractivity contribution in [1.29, 1.82) is 0 Å². The summed E-state index contributed by atoms with van der Waals surface area (Å²) in [5.41, 5.74) is 0. The summed E-state index contributed by atoms with van der Waals surface area (Å²) in [6, 6.07) is 4.37. The first-order valence-corrected chi connectivity index (χ1v) is 5.30. The molecule has 0 aromatic rings. The van der Waals surface area contributed by atoms with Gasteiger partial charge in [-0.25, -0.2) is 0 Å². The molecule has 0 rings (SSSR count). The number of hydrogen-bond acceptors (Lipinski definition) is 0. The van der Waals surface area contributed by atoms with Crippen LogP contribution < -0.4 is 0 Å². The molecule has 0 spiro atoms. The maximum absolute atomic E-state index is 2.31. The molecule has 0 aliphatic carbocycles. The van der Waals surface area contributed by atoms with Crippen LogP contribution in [0.15, 0.2) is 0 Å². The molecule has 0 unspecified atom stereocenters. The quantitative estimate of drug-likeness (QED) is 0.608. The van der Waals surface area contributed by atoms with E-state index in [4.69, 9.17) is 0 Å². The zero-order valence-electron chi connectivity index (χ0n) is 6.03. The molecule has 0 aliphatic rings. The average molecular weight is 196 g/mol. The van der Waals surface area contributed by atoms with E-state index in [0.717, 1.165) is 0 Å². The molecular weight excluding hydrogens is 180 g/mol. The maximum Gasteiger partial charge on any atom is 0.0470 e. The molecule has 0 aliphatic heterocycles. The van der Waals surface area contributed by atoms with Crippen LogP contribution in [0.5, 0.6) is 0 Å². The van der Waals surface area contributed by atoms with Crippen LogP contribution in [0.2, 0.25) is 18.1 Å². The molecule has 0 N–H and O–H groups in total. The second kappa shape index (κ2) is 7.70. The highest BCUT2D eigenvalue weighted by molar-refractivity contribution is 8.93. The van der Waals surface area contributed by atoms with Crippen LogP contribution in [-0.2, 0) is 0 Å². The lowest BCUT2D eigenvalue weighted by molar-refractivity contribution is 1.24. The average Bonchev–Trinajstić information content (AvgIpc) is 1.72. The zero-order chi connectivity index (χ0) is 5.70. The van der Waals surface area contributed by atoms with E-state index in [1.807, 2.05) is 0 Å². The van der Waals surface area contributed by atoms with Crippen molar-refractivity contribution < 1.29 is 0 Å². The molecule has 0 nitrogen and oxygen atoms in total. The van der Waals surface area contributed by atoms with Gasteiger partial charge >= 0.3 is 0 Å². The summed E-state index contributed by atoms with van der Waals surface area (Å²) in [5, 5.41) is 0. The maximum atomic E-state index is 2.31. The minimum atomic E-state index is 0. The molecule has 0 aromatic heterocycles. The summed E-state index contributed by atoms with van der Waals surface area (Å²) in [4.78, 5) is 0. The lowest BCUT2D eigenvalue weighted by Crippen LogP contribution is -2.04. The fourth-order valence-electron chi connectivity index (χ4n) is 0.750. The highest BCUT2D eigenvalue weighted by Crippen LogP contribution is 2.01. The Morgan fingerprint density at radius 1 is 0.875 bits per heavy atom. The van der Waals surface area contributed by atoms with Crippen LogP contribution in [0.1, 0.15) is 20.8 Å². The highest BCUT2D eigenvalue weighted by Gasteiger charge is 1.98. The SMILES string of the molecule is Br.CC[Si](CC)CC. The van der Waals surface area contributed by atoms with Gasteiger partial charge in [0.1, 0.15) is 0 Å². The van der Waals surface area contributed by atoms with Gasteiger partial charge < -0.3 is 0 Å². The second-order valence-corrected chi connectivity index (χ2v) is 5.43. The van der Waals surface area contributed by atoms with E-state index in [1.54, 1.807) is 0 Å². The lowest BCUT2D eigenvalue weighted by Gasteiger charge is -2.02. The molecule has 0 aromatic carbocycles. The van der Waals surface area contributed by atoms with Crippen LogP contribution >= 0.6 is 17.0 Å². The van der Waals surface area contributed by atoms with Gasteiger partial charge in [0.2, 0.25) is 0 Å². The molecule has 0 atom stereocenters. The summed E-state index contributed by atoms with van der Waals surface area (Å²) in [6.45, 7) is 6.92. The van der Waals surface area contributed by atoms with Crippen LogP contribution in [0, 0.1) is 0 Å². The van der Waals surface area contributed by atoms with Gasteiger partial charge in [-0.2, -0.15) is 0 Å². The molecule has 0 amide bonds. The Labute approximate surface area is 65.1 Å². The van der Waals surface area contributed by atoms with Crippen molar-refractivity contribution in [2.45, 2.75) is 38.9 Å². The summed E-state index contributed by atoms with van der Waals surface area (Å²) < 4.78 is 0. The van der Waals surface area contributed by atoms with Crippen molar-refractivity contribution in [3.63, 3.8) is 0 Å². The smallest absolute Gasteiger partial charge is 0.0470 e. The number of hydrogen-bond donors (Lipinski definition) is 0. The fourth-order valence-corrected chi connectivity index (χ4v) is 2.25. The first-order chi connectivity index (χ1) is 3.35. The molecule has 0 heterocycles. The van der Waals surface area contributed by atoms with E-state index >= 15 is 0 Å². The van der Waals surface area contributed by atoms with Crippen LogP contribution in [0.3, 0.4) is 0 Å². The largest absolute Gasteiger partial charge is 0.114 e. The molecular formula is C6H16BrSi. The van der Waals surface area contributed by atoms with E-state index in [9.17, 15) is 0 Å². The van der Waals surface area contributed by atoms with Gasteiger partial charge in [-0.3, -0.25) is 0 Å². The Morgan fingerprint density at radius 2 is 1.12 bits per heavy atom. The van der Waals surface area contributed by atoms with E-state index in [0.29, 0.717) is 0 Å². The lowest BCUT2D eigenvalue weighted by atomic mass is 10.9. The molecule has 8 heavy (non-hydrogen) atoms. The topological polar surface area (TPSA) is 0 Å². The normalized spacial score (nSPS) is 9.00. The van der Waals surface area contributed by atoms with E-state index < -0.39 is 0 Å². The third-order valence-corrected chi connectivity index (χ3v) is 4.50. The van der Waals surface area contributed by atoms with E-state index in [1.165, 1.54) is 18.1 Å². The Hall–Kier alpha value is 0.697. The first kappa shape index (κ1) is 11.5. The standard InChI is InChI=1S/C6H15Si.BrH/c1-4-7(5-2)6-3;/h4-6H2,1-3H3;1H. The fraction of sp³-hybridized carbons (Fsp3) is 1.00. The van der Waals surface area contributed by atoms with Crippen molar-refractivity contribution in [3.05, 3.63) is 0 Å². The van der Waals surface area contributed by atoms with Crippen molar-refractivity contribution in [2.24, 2.45) is 0 Å². The second-order valence-electron chi connectivity index (χ2n) is 1.81. The molecule has 0 saturated carbocycles. The molecule has 51 valence electrons. The third-order valence-electron chi connectivity index (χ3n) is 1.50. The molecule has 2 heteroatoms. The van der Waals surface area contributed by atoms with Gasteiger partial charge in [-0.1, -0.05) is 38.9 Å². The Bertz CT molecular complexity index is 30.0. The third kappa shape index (κ3) is 4.85. The van der Waals surface area contributed by atoms with Gasteiger partial charge in [-0.15, -0.1) is 17.0 Å². The molecule has 0 saturated heterocycles. The minimum absolute atomic E-state index is 0. The van der Waals surface area contributed by atoms with Gasteiger partial charge in [0.15, 0.2) is 0 Å². The summed E-state index contributed by atoms with van der Waals surface area (Å²) in [5.74, 6) is 0. The van der Waals surface area contributed by atoms with Gasteiger partial charge in [0.25, 0.3) is 0 Å². The summed E-state index contributed by atoms with van der Waals surface area (Å²) in [7, 11) is 0.137. The van der Waals surface area contributed by atoms with Crippen LogP contribution in [0.25, 0.3) is 0 Å². The van der Waals surface area contributed by atoms with Gasteiger partial charge in [0.05, 0.1) is 0 Å².